The highest BCUT2D eigenvalue weighted by Gasteiger charge is 2.54. The summed E-state index contributed by atoms with van der Waals surface area (Å²) >= 11 is 0. The van der Waals surface area contributed by atoms with Gasteiger partial charge >= 0.3 is 0 Å². The number of nitrogens with zero attached hydrogens (tertiary/aromatic N) is 5. The van der Waals surface area contributed by atoms with Crippen LogP contribution >= 0.6 is 0 Å². The van der Waals surface area contributed by atoms with Crippen LogP contribution in [0.4, 0.5) is 19.0 Å². The van der Waals surface area contributed by atoms with Crippen LogP contribution in [0.1, 0.15) is 32.1 Å². The first-order valence-corrected chi connectivity index (χ1v) is 11.5. The Morgan fingerprint density at radius 1 is 1.09 bits per heavy atom. The Balaban J connectivity index is 1.27. The van der Waals surface area contributed by atoms with Crippen LogP contribution in [-0.2, 0) is 7.05 Å². The number of aromatic nitrogens is 4. The minimum absolute atomic E-state index is 0.0260. The van der Waals surface area contributed by atoms with Crippen molar-refractivity contribution in [2.45, 2.75) is 62.2 Å². The SMILES string of the molecule is Cn1cc(-c2cc(O)c(-c3cnc(N(C4CC4)[C@H]4CC5CC(F)(F)C(C4)N5)cn3)cc2F)cn1. The number of aryl methyl sites for hydroxylation is 1. The zero-order valence-electron chi connectivity index (χ0n) is 18.6. The number of benzene rings is 1. The van der Waals surface area contributed by atoms with Gasteiger partial charge in [0.2, 0.25) is 0 Å². The molecule has 4 heterocycles. The fourth-order valence-corrected chi connectivity index (χ4v) is 5.42. The Morgan fingerprint density at radius 2 is 1.91 bits per heavy atom. The predicted molar refractivity (Wildman–Crippen MR) is 120 cm³/mol. The lowest BCUT2D eigenvalue weighted by atomic mass is 9.97. The van der Waals surface area contributed by atoms with E-state index >= 15 is 0 Å². The Labute approximate surface area is 194 Å². The number of alkyl halides is 2. The molecule has 3 atom stereocenters. The molecule has 3 fully saturated rings. The maximum Gasteiger partial charge on any atom is 0.264 e. The fraction of sp³-hybridized carbons (Fsp3) is 0.458. The number of nitrogens with one attached hydrogen (secondary N) is 1. The summed E-state index contributed by atoms with van der Waals surface area (Å²) in [4.78, 5) is 11.2. The van der Waals surface area contributed by atoms with Gasteiger partial charge in [-0.3, -0.25) is 9.67 Å². The Kier molecular flexibility index (Phi) is 4.84. The first-order valence-electron chi connectivity index (χ1n) is 11.5. The van der Waals surface area contributed by atoms with E-state index in [4.69, 9.17) is 0 Å². The molecule has 2 aromatic heterocycles. The summed E-state index contributed by atoms with van der Waals surface area (Å²) in [6.07, 6.45) is 9.20. The molecule has 2 bridgehead atoms. The van der Waals surface area contributed by atoms with Gasteiger partial charge in [-0.05, 0) is 37.8 Å². The average molecular weight is 470 g/mol. The van der Waals surface area contributed by atoms with Crippen molar-refractivity contribution in [3.8, 4) is 28.1 Å². The maximum atomic E-state index is 14.8. The van der Waals surface area contributed by atoms with E-state index in [9.17, 15) is 18.3 Å². The monoisotopic (exact) mass is 470 g/mol. The molecule has 0 radical (unpaired) electrons. The smallest absolute Gasteiger partial charge is 0.264 e. The van der Waals surface area contributed by atoms with E-state index in [1.807, 2.05) is 0 Å². The Morgan fingerprint density at radius 3 is 2.56 bits per heavy atom. The number of fused-ring (bicyclic) bond motifs is 2. The summed E-state index contributed by atoms with van der Waals surface area (Å²) in [5.41, 5.74) is 1.38. The van der Waals surface area contributed by atoms with Gasteiger partial charge in [0.05, 0.1) is 30.3 Å². The number of phenols is 1. The first-order chi connectivity index (χ1) is 16.3. The molecule has 6 rings (SSSR count). The number of halogens is 3. The molecule has 1 aliphatic carbocycles. The van der Waals surface area contributed by atoms with E-state index in [1.54, 1.807) is 24.1 Å². The van der Waals surface area contributed by atoms with Gasteiger partial charge in [0.15, 0.2) is 0 Å². The molecule has 1 saturated carbocycles. The zero-order valence-corrected chi connectivity index (χ0v) is 18.6. The molecule has 2 aliphatic heterocycles. The van der Waals surface area contributed by atoms with Crippen LogP contribution in [0.25, 0.3) is 22.4 Å². The largest absolute Gasteiger partial charge is 0.507 e. The van der Waals surface area contributed by atoms with Crippen LogP contribution in [0.3, 0.4) is 0 Å². The van der Waals surface area contributed by atoms with E-state index in [0.717, 1.165) is 12.8 Å². The van der Waals surface area contributed by atoms with Crippen molar-refractivity contribution in [2.75, 3.05) is 4.90 Å². The maximum absolute atomic E-state index is 14.8. The molecule has 34 heavy (non-hydrogen) atoms. The molecule has 0 amide bonds. The van der Waals surface area contributed by atoms with E-state index in [2.05, 4.69) is 25.3 Å². The third kappa shape index (κ3) is 3.70. The van der Waals surface area contributed by atoms with E-state index in [-0.39, 0.29) is 41.4 Å². The van der Waals surface area contributed by atoms with Crippen LogP contribution < -0.4 is 10.2 Å². The summed E-state index contributed by atoms with van der Waals surface area (Å²) < 4.78 is 44.9. The second-order valence-electron chi connectivity index (χ2n) is 9.66. The van der Waals surface area contributed by atoms with Gasteiger partial charge in [-0.1, -0.05) is 0 Å². The highest BCUT2D eigenvalue weighted by Crippen LogP contribution is 2.44. The molecule has 3 aromatic rings. The van der Waals surface area contributed by atoms with Gasteiger partial charge in [-0.15, -0.1) is 0 Å². The third-order valence-corrected chi connectivity index (χ3v) is 7.14. The summed E-state index contributed by atoms with van der Waals surface area (Å²) in [6, 6.07) is 1.86. The third-order valence-electron chi connectivity index (χ3n) is 7.14. The topological polar surface area (TPSA) is 79.1 Å². The number of phenolic OH excluding ortho intramolecular Hbond substituents is 1. The van der Waals surface area contributed by atoms with Gasteiger partial charge < -0.3 is 15.3 Å². The molecular formula is C24H25F3N6O. The van der Waals surface area contributed by atoms with Gasteiger partial charge in [0, 0.05) is 54.5 Å². The van der Waals surface area contributed by atoms with Gasteiger partial charge in [-0.2, -0.15) is 5.10 Å². The quantitative estimate of drug-likeness (QED) is 0.589. The lowest BCUT2D eigenvalue weighted by Gasteiger charge is -2.38. The van der Waals surface area contributed by atoms with Crippen molar-refractivity contribution in [1.82, 2.24) is 25.1 Å². The molecule has 10 heteroatoms. The standard InChI is InChI=1S/C24H25F3N6O/c1-32-12-13(9-30-32)17-7-21(34)18(6-19(17)25)20-10-29-23(11-28-20)33(15-2-3-15)16-4-14-8-24(26,27)22(5-16)31-14/h6-7,9-12,14-16,22,31,34H,2-5,8H2,1H3/t14?,16-,22?/m0/s1. The molecule has 2 saturated heterocycles. The van der Waals surface area contributed by atoms with Crippen molar-refractivity contribution < 1.29 is 18.3 Å². The molecule has 1 aromatic carbocycles. The summed E-state index contributed by atoms with van der Waals surface area (Å²) in [5.74, 6) is -2.66. The van der Waals surface area contributed by atoms with E-state index < -0.39 is 17.8 Å². The predicted octanol–water partition coefficient (Wildman–Crippen LogP) is 3.89. The number of hydrogen-bond acceptors (Lipinski definition) is 6. The normalized spacial score (nSPS) is 25.5. The number of hydrogen-bond donors (Lipinski definition) is 2. The van der Waals surface area contributed by atoms with Crippen LogP contribution in [0.5, 0.6) is 5.75 Å². The van der Waals surface area contributed by atoms with Gasteiger partial charge in [0.25, 0.3) is 5.92 Å². The fourth-order valence-electron chi connectivity index (χ4n) is 5.42. The molecule has 0 spiro atoms. The molecular weight excluding hydrogens is 445 g/mol. The second kappa shape index (κ2) is 7.69. The number of piperidine rings is 1. The summed E-state index contributed by atoms with van der Waals surface area (Å²) in [7, 11) is 1.73. The lowest BCUT2D eigenvalue weighted by molar-refractivity contribution is -0.0129. The van der Waals surface area contributed by atoms with Crippen molar-refractivity contribution in [2.24, 2.45) is 7.05 Å². The van der Waals surface area contributed by atoms with Crippen LogP contribution in [0, 0.1) is 5.82 Å². The highest BCUT2D eigenvalue weighted by atomic mass is 19.3. The molecule has 7 nitrogen and oxygen atoms in total. The van der Waals surface area contributed by atoms with Crippen molar-refractivity contribution in [1.29, 1.82) is 0 Å². The van der Waals surface area contributed by atoms with E-state index in [0.29, 0.717) is 29.9 Å². The molecule has 178 valence electrons. The summed E-state index contributed by atoms with van der Waals surface area (Å²) in [5, 5.41) is 17.7. The van der Waals surface area contributed by atoms with Gasteiger partial charge in [-0.25, -0.2) is 18.2 Å². The Bertz CT molecular complexity index is 1230. The first kappa shape index (κ1) is 21.4. The number of anilines is 1. The molecule has 2 unspecified atom stereocenters. The lowest BCUT2D eigenvalue weighted by Crippen LogP contribution is -2.51. The molecule has 2 N–H and O–H groups in total. The van der Waals surface area contributed by atoms with Crippen LogP contribution in [-0.4, -0.2) is 54.9 Å². The minimum atomic E-state index is -2.67. The van der Waals surface area contributed by atoms with Crippen molar-refractivity contribution >= 4 is 5.82 Å². The highest BCUT2D eigenvalue weighted by molar-refractivity contribution is 5.74. The number of aromatic hydroxyl groups is 1. The Hall–Kier alpha value is -3.14. The minimum Gasteiger partial charge on any atom is -0.507 e. The van der Waals surface area contributed by atoms with Crippen LogP contribution in [0.2, 0.25) is 0 Å². The van der Waals surface area contributed by atoms with E-state index in [1.165, 1.54) is 24.5 Å². The number of rotatable bonds is 5. The molecule has 3 aliphatic rings. The van der Waals surface area contributed by atoms with Gasteiger partial charge in [0.1, 0.15) is 17.4 Å². The summed E-state index contributed by atoms with van der Waals surface area (Å²) in [6.45, 7) is 0. The van der Waals surface area contributed by atoms with Crippen LogP contribution in [0.15, 0.2) is 36.9 Å². The average Bonchev–Trinajstić information content (AvgIpc) is 3.49. The van der Waals surface area contributed by atoms with Crippen molar-refractivity contribution in [3.63, 3.8) is 0 Å². The van der Waals surface area contributed by atoms with Crippen molar-refractivity contribution in [3.05, 3.63) is 42.7 Å². The second-order valence-corrected chi connectivity index (χ2v) is 9.66. The zero-order chi connectivity index (χ0) is 23.6.